The normalized spacial score (nSPS) is 11.0. The predicted octanol–water partition coefficient (Wildman–Crippen LogP) is 4.01. The third kappa shape index (κ3) is 4.41. The van der Waals surface area contributed by atoms with E-state index in [0.29, 0.717) is 11.5 Å². The molecular formula is C17H15F3O4. The van der Waals surface area contributed by atoms with Crippen molar-refractivity contribution in [3.63, 3.8) is 0 Å². The average molecular weight is 340 g/mol. The van der Waals surface area contributed by atoms with Crippen molar-refractivity contribution >= 4 is 5.97 Å². The maximum absolute atomic E-state index is 12.8. The number of para-hydroxylation sites is 1. The number of alkyl halides is 3. The number of carbonyl (C=O) groups is 1. The molecule has 0 fully saturated rings. The zero-order chi connectivity index (χ0) is 17.7. The minimum Gasteiger partial charge on any atom is -0.493 e. The van der Waals surface area contributed by atoms with E-state index in [0.717, 1.165) is 17.7 Å². The molecule has 2 aromatic rings. The van der Waals surface area contributed by atoms with Crippen molar-refractivity contribution in [3.8, 4) is 17.2 Å². The molecule has 0 saturated heterocycles. The second-order valence-electron chi connectivity index (χ2n) is 4.91. The van der Waals surface area contributed by atoms with Crippen LogP contribution >= 0.6 is 0 Å². The largest absolute Gasteiger partial charge is 0.493 e. The van der Waals surface area contributed by atoms with E-state index >= 15 is 0 Å². The highest BCUT2D eigenvalue weighted by Gasteiger charge is 2.34. The lowest BCUT2D eigenvalue weighted by Gasteiger charge is -2.13. The summed E-state index contributed by atoms with van der Waals surface area (Å²) < 4.78 is 53.7. The molecule has 0 heterocycles. The number of rotatable bonds is 5. The number of benzene rings is 2. The predicted molar refractivity (Wildman–Crippen MR) is 80.3 cm³/mol. The molecule has 0 aliphatic heterocycles. The fourth-order valence-electron chi connectivity index (χ4n) is 1.97. The van der Waals surface area contributed by atoms with E-state index in [9.17, 15) is 18.0 Å². The van der Waals surface area contributed by atoms with Crippen molar-refractivity contribution in [2.75, 3.05) is 13.7 Å². The van der Waals surface area contributed by atoms with Crippen LogP contribution in [0, 0.1) is 6.92 Å². The van der Waals surface area contributed by atoms with Gasteiger partial charge in [-0.3, -0.25) is 0 Å². The number of hydrogen-bond acceptors (Lipinski definition) is 4. The van der Waals surface area contributed by atoms with Crippen LogP contribution < -0.4 is 14.2 Å². The molecule has 0 aromatic heterocycles. The molecule has 24 heavy (non-hydrogen) atoms. The minimum absolute atomic E-state index is 0.296. The van der Waals surface area contributed by atoms with Gasteiger partial charge in [-0.1, -0.05) is 18.2 Å². The van der Waals surface area contributed by atoms with Crippen molar-refractivity contribution in [3.05, 3.63) is 53.6 Å². The van der Waals surface area contributed by atoms with Crippen molar-refractivity contribution in [1.82, 2.24) is 0 Å². The lowest BCUT2D eigenvalue weighted by atomic mass is 10.2. The van der Waals surface area contributed by atoms with E-state index in [2.05, 4.69) is 0 Å². The minimum atomic E-state index is -4.61. The summed E-state index contributed by atoms with van der Waals surface area (Å²) in [5.74, 6) is -0.800. The van der Waals surface area contributed by atoms with E-state index < -0.39 is 30.1 Å². The lowest BCUT2D eigenvalue weighted by Crippen LogP contribution is -2.20. The molecule has 0 spiro atoms. The molecule has 0 radical (unpaired) electrons. The fraction of sp³-hybridized carbons (Fsp3) is 0.235. The third-order valence-corrected chi connectivity index (χ3v) is 3.08. The third-order valence-electron chi connectivity index (χ3n) is 3.08. The second-order valence-corrected chi connectivity index (χ2v) is 4.91. The number of esters is 1. The average Bonchev–Trinajstić information content (AvgIpc) is 2.53. The number of hydrogen-bond donors (Lipinski definition) is 0. The Balaban J connectivity index is 2.05. The molecule has 2 aromatic carbocycles. The first-order chi connectivity index (χ1) is 11.3. The van der Waals surface area contributed by atoms with Crippen molar-refractivity contribution in [2.45, 2.75) is 13.1 Å². The van der Waals surface area contributed by atoms with Gasteiger partial charge in [0.1, 0.15) is 5.75 Å². The van der Waals surface area contributed by atoms with Gasteiger partial charge in [-0.15, -0.1) is 0 Å². The molecule has 0 aliphatic rings. The quantitative estimate of drug-likeness (QED) is 0.609. The van der Waals surface area contributed by atoms with Gasteiger partial charge in [0.15, 0.2) is 18.1 Å². The number of methoxy groups -OCH3 is 1. The highest BCUT2D eigenvalue weighted by atomic mass is 19.4. The SMILES string of the molecule is COc1cc(C)ccc1OCC(=O)Oc1ccccc1C(F)(F)F. The highest BCUT2D eigenvalue weighted by molar-refractivity contribution is 5.74. The summed E-state index contributed by atoms with van der Waals surface area (Å²) in [6.45, 7) is 1.31. The van der Waals surface area contributed by atoms with E-state index in [1.54, 1.807) is 18.2 Å². The molecule has 7 heteroatoms. The van der Waals surface area contributed by atoms with Crippen molar-refractivity contribution < 1.29 is 32.2 Å². The smallest absolute Gasteiger partial charge is 0.419 e. The van der Waals surface area contributed by atoms with Gasteiger partial charge in [0.05, 0.1) is 12.7 Å². The lowest BCUT2D eigenvalue weighted by molar-refractivity contribution is -0.143. The zero-order valence-electron chi connectivity index (χ0n) is 13.0. The molecule has 0 bridgehead atoms. The van der Waals surface area contributed by atoms with Crippen LogP contribution in [0.4, 0.5) is 13.2 Å². The maximum atomic E-state index is 12.8. The van der Waals surface area contributed by atoms with Crippen LogP contribution in [-0.4, -0.2) is 19.7 Å². The Hall–Kier alpha value is -2.70. The second kappa shape index (κ2) is 7.25. The van der Waals surface area contributed by atoms with Gasteiger partial charge in [0.25, 0.3) is 0 Å². The van der Waals surface area contributed by atoms with E-state index in [-0.39, 0.29) is 0 Å². The van der Waals surface area contributed by atoms with Crippen LogP contribution in [0.15, 0.2) is 42.5 Å². The Kier molecular flexibility index (Phi) is 5.33. The van der Waals surface area contributed by atoms with Crippen molar-refractivity contribution in [1.29, 1.82) is 0 Å². The number of halogens is 3. The Morgan fingerprint density at radius 1 is 1.04 bits per heavy atom. The Morgan fingerprint density at radius 2 is 1.75 bits per heavy atom. The highest BCUT2D eigenvalue weighted by Crippen LogP contribution is 2.36. The summed E-state index contributed by atoms with van der Waals surface area (Å²) in [6, 6.07) is 9.54. The molecule has 0 unspecified atom stereocenters. The maximum Gasteiger partial charge on any atom is 0.419 e. The fourth-order valence-corrected chi connectivity index (χ4v) is 1.97. The van der Waals surface area contributed by atoms with Gasteiger partial charge in [0, 0.05) is 0 Å². The summed E-state index contributed by atoms with van der Waals surface area (Å²) >= 11 is 0. The number of aryl methyl sites for hydroxylation is 1. The monoisotopic (exact) mass is 340 g/mol. The van der Waals surface area contributed by atoms with E-state index in [1.165, 1.54) is 19.2 Å². The van der Waals surface area contributed by atoms with Gasteiger partial charge in [-0.05, 0) is 36.8 Å². The summed E-state index contributed by atoms with van der Waals surface area (Å²) in [7, 11) is 1.44. The standard InChI is InChI=1S/C17H15F3O4/c1-11-7-8-14(15(9-11)22-2)23-10-16(21)24-13-6-4-3-5-12(13)17(18,19)20/h3-9H,10H2,1-2H3. The van der Waals surface area contributed by atoms with Crippen molar-refractivity contribution in [2.24, 2.45) is 0 Å². The van der Waals surface area contributed by atoms with E-state index in [1.807, 2.05) is 6.92 Å². The summed E-state index contributed by atoms with van der Waals surface area (Å²) in [6.07, 6.45) is -4.61. The van der Waals surface area contributed by atoms with Crippen LogP contribution in [0.5, 0.6) is 17.2 Å². The zero-order valence-corrected chi connectivity index (χ0v) is 13.0. The Bertz CT molecular complexity index is 726. The summed E-state index contributed by atoms with van der Waals surface area (Å²) in [5, 5.41) is 0. The molecular weight excluding hydrogens is 325 g/mol. The Labute approximate surface area is 136 Å². The van der Waals surface area contributed by atoms with Gasteiger partial charge in [0.2, 0.25) is 0 Å². The van der Waals surface area contributed by atoms with Crippen LogP contribution in [0.1, 0.15) is 11.1 Å². The van der Waals surface area contributed by atoms with Crippen LogP contribution in [0.25, 0.3) is 0 Å². The Morgan fingerprint density at radius 3 is 2.42 bits per heavy atom. The first-order valence-electron chi connectivity index (χ1n) is 6.95. The van der Waals surface area contributed by atoms with Gasteiger partial charge < -0.3 is 14.2 Å². The first-order valence-corrected chi connectivity index (χ1v) is 6.95. The molecule has 0 aliphatic carbocycles. The molecule has 0 saturated carbocycles. The molecule has 0 atom stereocenters. The van der Waals surface area contributed by atoms with Gasteiger partial charge in [-0.2, -0.15) is 13.2 Å². The van der Waals surface area contributed by atoms with Gasteiger partial charge >= 0.3 is 12.1 Å². The summed E-state index contributed by atoms with van der Waals surface area (Å²) in [5.41, 5.74) is -0.0906. The molecule has 0 N–H and O–H groups in total. The first kappa shape index (κ1) is 17.7. The topological polar surface area (TPSA) is 44.8 Å². The number of ether oxygens (including phenoxy) is 3. The molecule has 4 nitrogen and oxygen atoms in total. The summed E-state index contributed by atoms with van der Waals surface area (Å²) in [4.78, 5) is 11.8. The van der Waals surface area contributed by atoms with Crippen LogP contribution in [-0.2, 0) is 11.0 Å². The van der Waals surface area contributed by atoms with E-state index in [4.69, 9.17) is 14.2 Å². The number of carbonyl (C=O) groups excluding carboxylic acids is 1. The molecule has 128 valence electrons. The van der Waals surface area contributed by atoms with Crippen LogP contribution in [0.2, 0.25) is 0 Å². The van der Waals surface area contributed by atoms with Gasteiger partial charge in [-0.25, -0.2) is 4.79 Å². The van der Waals surface area contributed by atoms with Crippen LogP contribution in [0.3, 0.4) is 0 Å². The molecule has 2 rings (SSSR count). The molecule has 0 amide bonds.